The molecule has 0 aliphatic heterocycles. The third-order valence-corrected chi connectivity index (χ3v) is 4.77. The molecular formula is C13H12F5N3O5S2. The van der Waals surface area contributed by atoms with Crippen LogP contribution in [0.4, 0.5) is 25.1 Å². The molecule has 0 radical (unpaired) electrons. The normalized spacial score (nSPS) is 14.7. The molecule has 0 bridgehead atoms. The SMILES string of the molecule is Cn1ncc(OS(C)(=O)=O)c(C(=O)Nc2ccc(S(F)(F)(F)(F)F)cc2)c1=O. The van der Waals surface area contributed by atoms with Gasteiger partial charge in [-0.25, -0.2) is 4.68 Å². The van der Waals surface area contributed by atoms with Crippen LogP contribution in [0.3, 0.4) is 0 Å². The number of nitrogens with zero attached hydrogens (tertiary/aromatic N) is 2. The fourth-order valence-corrected chi connectivity index (χ4v) is 3.05. The molecule has 28 heavy (non-hydrogen) atoms. The van der Waals surface area contributed by atoms with Crippen LogP contribution in [0.15, 0.2) is 40.2 Å². The highest BCUT2D eigenvalue weighted by Crippen LogP contribution is 3.02. The van der Waals surface area contributed by atoms with E-state index in [1.165, 1.54) is 0 Å². The van der Waals surface area contributed by atoms with Crippen LogP contribution >= 0.6 is 10.2 Å². The highest BCUT2D eigenvalue weighted by Gasteiger charge is 2.65. The topological polar surface area (TPSA) is 107 Å². The molecule has 0 spiro atoms. The first-order valence-electron chi connectivity index (χ1n) is 6.99. The maximum absolute atomic E-state index is 12.7. The minimum Gasteiger partial charge on any atom is -0.380 e. The lowest BCUT2D eigenvalue weighted by molar-refractivity contribution is 0.102. The number of carbonyl (C=O) groups is 1. The van der Waals surface area contributed by atoms with E-state index in [2.05, 4.69) is 9.28 Å². The van der Waals surface area contributed by atoms with Gasteiger partial charge >= 0.3 is 20.3 Å². The third-order valence-electron chi connectivity index (χ3n) is 3.13. The zero-order chi connectivity index (χ0) is 21.6. The largest absolute Gasteiger partial charge is 0.380 e. The first-order chi connectivity index (χ1) is 12.4. The van der Waals surface area contributed by atoms with Crippen molar-refractivity contribution in [2.75, 3.05) is 11.6 Å². The summed E-state index contributed by atoms with van der Waals surface area (Å²) in [5.74, 6) is -1.96. The van der Waals surface area contributed by atoms with Crippen LogP contribution in [0, 0.1) is 0 Å². The zero-order valence-electron chi connectivity index (χ0n) is 14.0. The summed E-state index contributed by atoms with van der Waals surface area (Å²) in [6, 6.07) is 1.23. The van der Waals surface area contributed by atoms with Gasteiger partial charge < -0.3 is 9.50 Å². The Bertz CT molecular complexity index is 1110. The molecule has 8 nitrogen and oxygen atoms in total. The van der Waals surface area contributed by atoms with Crippen LogP contribution in [0.25, 0.3) is 0 Å². The second kappa shape index (κ2) is 5.91. The molecule has 1 aromatic heterocycles. The Morgan fingerprint density at radius 1 is 1.14 bits per heavy atom. The Balaban J connectivity index is 2.41. The monoisotopic (exact) mass is 449 g/mol. The average molecular weight is 449 g/mol. The van der Waals surface area contributed by atoms with Crippen molar-refractivity contribution in [3.05, 3.63) is 46.4 Å². The summed E-state index contributed by atoms with van der Waals surface area (Å²) < 4.78 is 91.2. The van der Waals surface area contributed by atoms with Crippen LogP contribution < -0.4 is 15.1 Å². The van der Waals surface area contributed by atoms with Crippen LogP contribution in [-0.4, -0.2) is 30.4 Å². The summed E-state index contributed by atoms with van der Waals surface area (Å²) >= 11 is 0. The van der Waals surface area contributed by atoms with E-state index in [-0.39, 0.29) is 17.8 Å². The van der Waals surface area contributed by atoms with Gasteiger partial charge in [-0.1, -0.05) is 19.4 Å². The number of anilines is 1. The number of aromatic nitrogens is 2. The predicted octanol–water partition coefficient (Wildman–Crippen LogP) is 3.03. The van der Waals surface area contributed by atoms with Gasteiger partial charge in [0.25, 0.3) is 11.5 Å². The molecule has 1 N–H and O–H groups in total. The van der Waals surface area contributed by atoms with E-state index < -0.39 is 48.0 Å². The standard InChI is InChI=1S/C13H12F5N3O5S2/c1-21-13(23)11(10(7-19-21)26-27(2,24)25)12(22)20-8-3-5-9(6-4-8)28(14,15,16,17)18/h3-7H,1-2H3,(H,20,22). The van der Waals surface area contributed by atoms with Gasteiger partial charge in [-0.3, -0.25) is 9.59 Å². The smallest absolute Gasteiger partial charge is 0.310 e. The van der Waals surface area contributed by atoms with E-state index in [9.17, 15) is 37.4 Å². The van der Waals surface area contributed by atoms with Crippen molar-refractivity contribution < 1.29 is 36.8 Å². The van der Waals surface area contributed by atoms with Gasteiger partial charge in [0, 0.05) is 12.7 Å². The summed E-state index contributed by atoms with van der Waals surface area (Å²) in [6.45, 7) is 0. The van der Waals surface area contributed by atoms with Crippen molar-refractivity contribution >= 4 is 31.9 Å². The van der Waals surface area contributed by atoms with Crippen LogP contribution in [0.5, 0.6) is 5.75 Å². The summed E-state index contributed by atoms with van der Waals surface area (Å²) in [6.07, 6.45) is 1.42. The van der Waals surface area contributed by atoms with Gasteiger partial charge in [-0.15, -0.1) is 0 Å². The second-order valence-electron chi connectivity index (χ2n) is 5.55. The van der Waals surface area contributed by atoms with Crippen molar-refractivity contribution in [1.82, 2.24) is 9.78 Å². The maximum atomic E-state index is 12.7. The fraction of sp³-hybridized carbons (Fsp3) is 0.154. The Morgan fingerprint density at radius 2 is 1.68 bits per heavy atom. The van der Waals surface area contributed by atoms with E-state index in [1.807, 2.05) is 5.32 Å². The van der Waals surface area contributed by atoms with Crippen molar-refractivity contribution in [1.29, 1.82) is 0 Å². The molecule has 0 atom stereocenters. The molecule has 15 heteroatoms. The molecule has 0 unspecified atom stereocenters. The maximum Gasteiger partial charge on any atom is 0.310 e. The number of rotatable bonds is 5. The first kappa shape index (κ1) is 21.6. The van der Waals surface area contributed by atoms with Crippen molar-refractivity contribution in [3.8, 4) is 5.75 Å². The molecule has 2 rings (SSSR count). The number of halogens is 5. The summed E-state index contributed by atoms with van der Waals surface area (Å²) in [7, 11) is -12.9. The summed E-state index contributed by atoms with van der Waals surface area (Å²) in [5, 5.41) is 5.50. The number of amides is 1. The number of carbonyl (C=O) groups excluding carboxylic acids is 1. The van der Waals surface area contributed by atoms with Gasteiger partial charge in [-0.05, 0) is 24.3 Å². The van der Waals surface area contributed by atoms with Crippen LogP contribution in [-0.2, 0) is 17.2 Å². The van der Waals surface area contributed by atoms with E-state index in [1.54, 1.807) is 0 Å². The second-order valence-corrected chi connectivity index (χ2v) is 9.53. The van der Waals surface area contributed by atoms with Crippen LogP contribution in [0.1, 0.15) is 10.4 Å². The summed E-state index contributed by atoms with van der Waals surface area (Å²) in [5.41, 5.74) is -2.23. The molecule has 2 aromatic rings. The Hall–Kier alpha value is -2.68. The molecule has 0 aliphatic rings. The molecule has 1 amide bonds. The Kier molecular flexibility index (Phi) is 4.56. The molecule has 0 saturated heterocycles. The molecule has 0 saturated carbocycles. The first-order valence-corrected chi connectivity index (χ1v) is 10.8. The van der Waals surface area contributed by atoms with E-state index in [0.29, 0.717) is 23.1 Å². The van der Waals surface area contributed by atoms with Crippen molar-refractivity contribution in [3.63, 3.8) is 0 Å². The minimum atomic E-state index is -9.88. The molecule has 0 aliphatic carbocycles. The number of nitrogens with one attached hydrogen (secondary N) is 1. The highest BCUT2D eigenvalue weighted by molar-refractivity contribution is 8.45. The van der Waals surface area contributed by atoms with Gasteiger partial charge in [0.15, 0.2) is 11.3 Å². The number of hydrogen-bond acceptors (Lipinski definition) is 6. The van der Waals surface area contributed by atoms with Crippen molar-refractivity contribution in [2.45, 2.75) is 4.90 Å². The Morgan fingerprint density at radius 3 is 2.14 bits per heavy atom. The highest BCUT2D eigenvalue weighted by atomic mass is 32.5. The number of aryl methyl sites for hydroxylation is 1. The summed E-state index contributed by atoms with van der Waals surface area (Å²) in [4.78, 5) is 22.2. The lowest BCUT2D eigenvalue weighted by Crippen LogP contribution is -2.30. The minimum absolute atomic E-state index is 0.0652. The fourth-order valence-electron chi connectivity index (χ4n) is 1.95. The predicted molar refractivity (Wildman–Crippen MR) is 90.7 cm³/mol. The molecule has 0 fully saturated rings. The third kappa shape index (κ3) is 5.19. The number of benzene rings is 1. The molecule has 156 valence electrons. The number of hydrogen-bond donors (Lipinski definition) is 1. The molecular weight excluding hydrogens is 437 g/mol. The van der Waals surface area contributed by atoms with Crippen LogP contribution in [0.2, 0.25) is 0 Å². The Labute approximate surface area is 154 Å². The quantitative estimate of drug-likeness (QED) is 0.556. The van der Waals surface area contributed by atoms with Crippen molar-refractivity contribution in [2.24, 2.45) is 7.05 Å². The zero-order valence-corrected chi connectivity index (χ0v) is 15.7. The van der Waals surface area contributed by atoms with Gasteiger partial charge in [0.2, 0.25) is 0 Å². The average Bonchev–Trinajstić information content (AvgIpc) is 2.48. The van der Waals surface area contributed by atoms with Gasteiger partial charge in [0.1, 0.15) is 4.90 Å². The lowest BCUT2D eigenvalue weighted by atomic mass is 10.2. The van der Waals surface area contributed by atoms with Gasteiger partial charge in [0.05, 0.1) is 12.5 Å². The molecule has 1 heterocycles. The lowest BCUT2D eigenvalue weighted by Gasteiger charge is -2.40. The molecule has 1 aromatic carbocycles. The van der Waals surface area contributed by atoms with E-state index in [4.69, 9.17) is 0 Å². The van der Waals surface area contributed by atoms with Gasteiger partial charge in [-0.2, -0.15) is 13.5 Å². The van der Waals surface area contributed by atoms with E-state index >= 15 is 0 Å². The van der Waals surface area contributed by atoms with E-state index in [0.717, 1.165) is 13.2 Å².